The number of rotatable bonds is 9. The topological polar surface area (TPSA) is 0 Å². The Bertz CT molecular complexity index is 671. The summed E-state index contributed by atoms with van der Waals surface area (Å²) in [6.07, 6.45) is 18.1. The molecule has 2 rings (SSSR count). The predicted octanol–water partition coefficient (Wildman–Crippen LogP) is 8.34. The Morgan fingerprint density at radius 2 is 1.36 bits per heavy atom. The van der Waals surface area contributed by atoms with Gasteiger partial charge in [-0.2, -0.15) is 0 Å². The van der Waals surface area contributed by atoms with Crippen LogP contribution in [0.1, 0.15) is 75.7 Å². The molecule has 2 fully saturated rings. The fraction of sp³-hybridized carbons (Fsp3) is 0.880. The normalized spacial score (nSPS) is 36.4. The predicted molar refractivity (Wildman–Crippen MR) is 143 cm³/mol. The second kappa shape index (κ2) is 7.65. The standard InChI is InChI=1S/C25H49P3/c1-14-26(11)17-28(13,18-27(12)15-2)22(5,6)16-25-20(4)23(7,8)19(3)21(25)24(25,9)10/h19-21H,11-18H2,1-10H3/q+2/t19-,20+,21+,25+/m1/s1. The van der Waals surface area contributed by atoms with Gasteiger partial charge in [0, 0.05) is 0 Å². The molecule has 0 radical (unpaired) electrons. The monoisotopic (exact) mass is 442 g/mol. The van der Waals surface area contributed by atoms with Crippen molar-refractivity contribution in [3.63, 3.8) is 0 Å². The molecule has 0 spiro atoms. The minimum atomic E-state index is -1.35. The Kier molecular flexibility index (Phi) is 6.80. The Balaban J connectivity index is 2.45. The zero-order chi connectivity index (χ0) is 21.9. The third-order valence-electron chi connectivity index (χ3n) is 9.86. The second-order valence-electron chi connectivity index (χ2n) is 12.0. The molecule has 0 bridgehead atoms. The van der Waals surface area contributed by atoms with Crippen LogP contribution in [0, 0.1) is 34.0 Å². The SMILES string of the molecule is C=[P+](CC)CP(=C)(C[P+](=C)CC)C(C)(C)C[C@]12[C@@H](C)C(C)(C)[C@H](C)[C@H]1C2(C)C. The molecule has 6 atom stereocenters. The highest BCUT2D eigenvalue weighted by atomic mass is 31.2. The molecule has 0 N–H and O–H groups in total. The van der Waals surface area contributed by atoms with Gasteiger partial charge in [-0.3, -0.25) is 0 Å². The van der Waals surface area contributed by atoms with E-state index in [2.05, 4.69) is 81.8 Å². The molecule has 2 aliphatic rings. The van der Waals surface area contributed by atoms with Crippen molar-refractivity contribution in [3.8, 4) is 0 Å². The van der Waals surface area contributed by atoms with Crippen LogP contribution in [0.15, 0.2) is 0 Å². The first-order valence-corrected chi connectivity index (χ1v) is 17.5. The first-order chi connectivity index (χ1) is 12.5. The smallest absolute Gasteiger partial charge is 0.0926 e. The third kappa shape index (κ3) is 3.51. The molecule has 2 unspecified atom stereocenters. The van der Waals surface area contributed by atoms with E-state index in [-0.39, 0.29) is 15.1 Å². The molecule has 28 heavy (non-hydrogen) atoms. The van der Waals surface area contributed by atoms with Gasteiger partial charge in [-0.05, 0) is 66.3 Å². The van der Waals surface area contributed by atoms with Crippen LogP contribution in [-0.4, -0.2) is 48.2 Å². The van der Waals surface area contributed by atoms with Crippen LogP contribution < -0.4 is 0 Å². The molecule has 0 aromatic carbocycles. The van der Waals surface area contributed by atoms with Crippen LogP contribution in [0.2, 0.25) is 0 Å². The van der Waals surface area contributed by atoms with Crippen molar-refractivity contribution in [2.45, 2.75) is 80.8 Å². The number of hydrogen-bond donors (Lipinski definition) is 0. The summed E-state index contributed by atoms with van der Waals surface area (Å²) in [4.78, 5) is 0. The molecule has 0 saturated heterocycles. The summed E-state index contributed by atoms with van der Waals surface area (Å²) >= 11 is 0. The van der Waals surface area contributed by atoms with E-state index < -0.39 is 6.89 Å². The maximum Gasteiger partial charge on any atom is 0.127 e. The van der Waals surface area contributed by atoms with Gasteiger partial charge >= 0.3 is 0 Å². The number of hydrogen-bond acceptors (Lipinski definition) is 0. The Morgan fingerprint density at radius 3 is 1.71 bits per heavy atom. The fourth-order valence-electron chi connectivity index (χ4n) is 7.08. The van der Waals surface area contributed by atoms with E-state index in [9.17, 15) is 0 Å². The van der Waals surface area contributed by atoms with Crippen LogP contribution in [0.3, 0.4) is 0 Å². The van der Waals surface area contributed by atoms with E-state index in [1.165, 1.54) is 30.6 Å². The molecule has 162 valence electrons. The van der Waals surface area contributed by atoms with Crippen LogP contribution in [0.5, 0.6) is 0 Å². The first kappa shape index (κ1) is 24.9. The Morgan fingerprint density at radius 1 is 0.929 bits per heavy atom. The van der Waals surface area contributed by atoms with Crippen molar-refractivity contribution in [3.05, 3.63) is 0 Å². The lowest BCUT2D eigenvalue weighted by molar-refractivity contribution is 0.0870. The van der Waals surface area contributed by atoms with Gasteiger partial charge in [0.2, 0.25) is 0 Å². The lowest BCUT2D eigenvalue weighted by Crippen LogP contribution is -2.37. The Labute approximate surface area is 179 Å². The maximum atomic E-state index is 5.10. The van der Waals surface area contributed by atoms with E-state index in [4.69, 9.17) is 6.30 Å². The van der Waals surface area contributed by atoms with Gasteiger partial charge in [0.25, 0.3) is 0 Å². The molecule has 0 nitrogen and oxygen atoms in total. The lowest BCUT2D eigenvalue weighted by Gasteiger charge is -2.45. The highest BCUT2D eigenvalue weighted by Crippen LogP contribution is 2.87. The first-order valence-electron chi connectivity index (χ1n) is 11.4. The van der Waals surface area contributed by atoms with Crippen LogP contribution >= 0.6 is 22.0 Å². The van der Waals surface area contributed by atoms with Crippen molar-refractivity contribution in [2.24, 2.45) is 34.0 Å². The van der Waals surface area contributed by atoms with Gasteiger partial charge in [0.1, 0.15) is 24.1 Å². The molecule has 0 aromatic heterocycles. The molecule has 3 heteroatoms. The lowest BCUT2D eigenvalue weighted by atomic mass is 9.65. The third-order valence-corrected chi connectivity index (χ3v) is 21.9. The molecule has 0 amide bonds. The quantitative estimate of drug-likeness (QED) is 0.315. The highest BCUT2D eigenvalue weighted by Gasteiger charge is 2.81. The summed E-state index contributed by atoms with van der Waals surface area (Å²) in [5.74, 6) is 5.09. The van der Waals surface area contributed by atoms with E-state index in [0.29, 0.717) is 21.4 Å². The van der Waals surface area contributed by atoms with Crippen molar-refractivity contribution in [1.82, 2.24) is 0 Å². The van der Waals surface area contributed by atoms with Crippen LogP contribution in [0.4, 0.5) is 0 Å². The van der Waals surface area contributed by atoms with E-state index in [1.807, 2.05) is 0 Å². The average Bonchev–Trinajstić information content (AvgIpc) is 3.00. The van der Waals surface area contributed by atoms with Gasteiger partial charge in [-0.15, -0.1) is 0 Å². The van der Waals surface area contributed by atoms with E-state index in [0.717, 1.165) is 17.8 Å². The van der Waals surface area contributed by atoms with Crippen molar-refractivity contribution in [1.29, 1.82) is 0 Å². The molecular weight excluding hydrogens is 393 g/mol. The summed E-state index contributed by atoms with van der Waals surface area (Å²) in [5, 5.41) is 0.328. The van der Waals surface area contributed by atoms with Gasteiger partial charge < -0.3 is 0 Å². The summed E-state index contributed by atoms with van der Waals surface area (Å²) in [6.45, 7) is 23.8. The minimum Gasteiger partial charge on any atom is -0.0926 e. The molecule has 0 heterocycles. The van der Waals surface area contributed by atoms with Crippen molar-refractivity contribution < 1.29 is 0 Å². The summed E-state index contributed by atoms with van der Waals surface area (Å²) in [5.41, 5.74) is 1.42. The maximum absolute atomic E-state index is 5.10. The fourth-order valence-corrected chi connectivity index (χ4v) is 19.6. The van der Waals surface area contributed by atoms with Gasteiger partial charge in [-0.25, -0.2) is 0 Å². The largest absolute Gasteiger partial charge is 0.127 e. The average molecular weight is 443 g/mol. The zero-order valence-corrected chi connectivity index (χ0v) is 23.4. The summed E-state index contributed by atoms with van der Waals surface area (Å²) in [7, 11) is -0.261. The molecule has 2 saturated carbocycles. The van der Waals surface area contributed by atoms with Crippen LogP contribution in [-0.2, 0) is 0 Å². The highest BCUT2D eigenvalue weighted by molar-refractivity contribution is 7.89. The van der Waals surface area contributed by atoms with Crippen molar-refractivity contribution >= 4 is 40.9 Å². The Hall–Kier alpha value is 0.640. The zero-order valence-electron chi connectivity index (χ0n) is 20.7. The molecule has 0 aliphatic heterocycles. The minimum absolute atomic E-state index is 0.130. The van der Waals surface area contributed by atoms with Crippen molar-refractivity contribution in [2.75, 3.05) is 24.1 Å². The number of fused-ring (bicyclic) bond motifs is 1. The van der Waals surface area contributed by atoms with Gasteiger partial charge in [0.05, 0.1) is 27.7 Å². The summed E-state index contributed by atoms with van der Waals surface area (Å²) in [6, 6.07) is 0. The second-order valence-corrected chi connectivity index (χ2v) is 21.7. The van der Waals surface area contributed by atoms with Crippen LogP contribution in [0.25, 0.3) is 0 Å². The molecule has 2 aliphatic carbocycles. The molecular formula is C25H49P3+2. The summed E-state index contributed by atoms with van der Waals surface area (Å²) < 4.78 is 0. The van der Waals surface area contributed by atoms with E-state index in [1.54, 1.807) is 0 Å². The van der Waals surface area contributed by atoms with Gasteiger partial charge in [0.15, 0.2) is 0 Å². The van der Waals surface area contributed by atoms with E-state index >= 15 is 0 Å². The van der Waals surface area contributed by atoms with Gasteiger partial charge in [-0.1, -0.05) is 61.7 Å². The molecule has 0 aromatic rings.